The number of aryl methyl sites for hydroxylation is 1. The van der Waals surface area contributed by atoms with Crippen LogP contribution >= 0.6 is 0 Å². The normalized spacial score (nSPS) is 15.1. The molecule has 1 aromatic carbocycles. The molecule has 3 aromatic rings. The lowest BCUT2D eigenvalue weighted by molar-refractivity contribution is 0.0940. The van der Waals surface area contributed by atoms with Gasteiger partial charge in [0.2, 0.25) is 0 Å². The average molecular weight is 362 g/mol. The molecule has 0 unspecified atom stereocenters. The van der Waals surface area contributed by atoms with Crippen LogP contribution in [0.15, 0.2) is 36.4 Å². The molecule has 0 bridgehead atoms. The number of hydrogen-bond acceptors (Lipinski definition) is 3. The highest BCUT2D eigenvalue weighted by atomic mass is 16.1. The molecule has 27 heavy (non-hydrogen) atoms. The predicted octanol–water partition coefficient (Wildman–Crippen LogP) is 4.39. The highest BCUT2D eigenvalue weighted by molar-refractivity contribution is 6.07. The number of aromatic nitrogens is 3. The van der Waals surface area contributed by atoms with Gasteiger partial charge in [-0.15, -0.1) is 0 Å². The first-order chi connectivity index (χ1) is 13.1. The van der Waals surface area contributed by atoms with Crippen molar-refractivity contribution in [1.82, 2.24) is 20.1 Å². The molecule has 1 aliphatic carbocycles. The number of benzene rings is 1. The van der Waals surface area contributed by atoms with Crippen LogP contribution in [0.1, 0.15) is 67.7 Å². The topological polar surface area (TPSA) is 59.8 Å². The average Bonchev–Trinajstić information content (AvgIpc) is 3.48. The third kappa shape index (κ3) is 3.34. The summed E-state index contributed by atoms with van der Waals surface area (Å²) < 4.78 is 1.90. The molecule has 1 fully saturated rings. The first-order valence-electron chi connectivity index (χ1n) is 9.91. The van der Waals surface area contributed by atoms with Crippen molar-refractivity contribution >= 4 is 16.9 Å². The lowest BCUT2D eigenvalue weighted by Gasteiger charge is -2.13. The maximum Gasteiger partial charge on any atom is 0.252 e. The van der Waals surface area contributed by atoms with Crippen molar-refractivity contribution in [3.05, 3.63) is 53.3 Å². The maximum atomic E-state index is 13.1. The van der Waals surface area contributed by atoms with Gasteiger partial charge in [-0.25, -0.2) is 9.67 Å². The Morgan fingerprint density at radius 2 is 2.00 bits per heavy atom. The molecule has 0 aliphatic heterocycles. The van der Waals surface area contributed by atoms with E-state index in [1.165, 1.54) is 0 Å². The molecule has 5 nitrogen and oxygen atoms in total. The Morgan fingerprint density at radius 1 is 1.26 bits per heavy atom. The molecule has 0 radical (unpaired) electrons. The molecule has 5 heteroatoms. The van der Waals surface area contributed by atoms with Gasteiger partial charge in [0.1, 0.15) is 0 Å². The molecule has 2 heterocycles. The number of pyridine rings is 1. The monoisotopic (exact) mass is 362 g/mol. The van der Waals surface area contributed by atoms with Crippen LogP contribution in [0.25, 0.3) is 16.7 Å². The smallest absolute Gasteiger partial charge is 0.252 e. The number of nitrogens with zero attached hydrogens (tertiary/aromatic N) is 3. The number of para-hydroxylation sites is 1. The van der Waals surface area contributed by atoms with Crippen LogP contribution < -0.4 is 5.32 Å². The van der Waals surface area contributed by atoms with Gasteiger partial charge < -0.3 is 5.32 Å². The zero-order valence-corrected chi connectivity index (χ0v) is 16.2. The molecular formula is C22H26N4O. The number of hydrogen-bond donors (Lipinski definition) is 1. The van der Waals surface area contributed by atoms with Crippen LogP contribution in [0.2, 0.25) is 0 Å². The summed E-state index contributed by atoms with van der Waals surface area (Å²) in [5, 5.41) is 8.95. The Morgan fingerprint density at radius 3 is 2.63 bits per heavy atom. The van der Waals surface area contributed by atoms with Gasteiger partial charge in [-0.1, -0.05) is 32.0 Å². The van der Waals surface area contributed by atoms with E-state index in [1.54, 1.807) is 0 Å². The first-order valence-corrected chi connectivity index (χ1v) is 9.91. The zero-order chi connectivity index (χ0) is 19.0. The van der Waals surface area contributed by atoms with Gasteiger partial charge in [-0.05, 0) is 50.8 Å². The Kier molecular flexibility index (Phi) is 4.68. The summed E-state index contributed by atoms with van der Waals surface area (Å²) in [4.78, 5) is 17.9. The van der Waals surface area contributed by atoms with Gasteiger partial charge in [0, 0.05) is 17.7 Å². The molecule has 0 spiro atoms. The molecule has 1 N–H and O–H groups in total. The molecule has 0 saturated heterocycles. The molecule has 4 rings (SSSR count). The molecule has 1 saturated carbocycles. The summed E-state index contributed by atoms with van der Waals surface area (Å²) in [7, 11) is 0. The summed E-state index contributed by atoms with van der Waals surface area (Å²) in [6, 6.07) is 12.1. The van der Waals surface area contributed by atoms with E-state index in [9.17, 15) is 4.79 Å². The lowest BCUT2D eigenvalue weighted by atomic mass is 10.0. The first kappa shape index (κ1) is 17.7. The second-order valence-corrected chi connectivity index (χ2v) is 7.40. The van der Waals surface area contributed by atoms with E-state index in [-0.39, 0.29) is 11.9 Å². The van der Waals surface area contributed by atoms with Crippen molar-refractivity contribution in [2.75, 3.05) is 0 Å². The number of carbonyl (C=O) groups is 1. The van der Waals surface area contributed by atoms with Gasteiger partial charge in [0.05, 0.1) is 22.3 Å². The number of carbonyl (C=O) groups excluding carboxylic acids is 1. The third-order valence-electron chi connectivity index (χ3n) is 5.28. The minimum Gasteiger partial charge on any atom is -0.350 e. The largest absolute Gasteiger partial charge is 0.350 e. The van der Waals surface area contributed by atoms with Gasteiger partial charge in [0.25, 0.3) is 5.91 Å². The lowest BCUT2D eigenvalue weighted by Crippen LogP contribution is -2.32. The molecule has 140 valence electrons. The van der Waals surface area contributed by atoms with Crippen molar-refractivity contribution in [3.63, 3.8) is 0 Å². The number of nitrogens with one attached hydrogen (secondary N) is 1. The van der Waals surface area contributed by atoms with Crippen molar-refractivity contribution in [1.29, 1.82) is 0 Å². The highest BCUT2D eigenvalue weighted by Crippen LogP contribution is 2.43. The standard InChI is InChI=1S/C22H26N4O/c1-4-14(3)23-22(27)18-13-16(5-2)24-21-19(18)20(15-11-12-15)25-26(21)17-9-7-6-8-10-17/h6-10,13-15H,4-5,11-12H2,1-3H3,(H,23,27)/t14-/m1/s1. The minimum atomic E-state index is -0.0269. The van der Waals surface area contributed by atoms with Crippen LogP contribution in [0, 0.1) is 0 Å². The highest BCUT2D eigenvalue weighted by Gasteiger charge is 2.32. The molecule has 1 aliphatic rings. The van der Waals surface area contributed by atoms with E-state index in [4.69, 9.17) is 10.1 Å². The van der Waals surface area contributed by atoms with E-state index in [0.29, 0.717) is 11.5 Å². The second kappa shape index (κ2) is 7.14. The Balaban J connectivity index is 1.95. The van der Waals surface area contributed by atoms with E-state index in [2.05, 4.69) is 19.2 Å². The summed E-state index contributed by atoms with van der Waals surface area (Å²) in [5.74, 6) is 0.405. The van der Waals surface area contributed by atoms with Crippen molar-refractivity contribution < 1.29 is 4.79 Å². The van der Waals surface area contributed by atoms with Crippen LogP contribution in [0.3, 0.4) is 0 Å². The summed E-state index contributed by atoms with van der Waals surface area (Å²) in [5.41, 5.74) is 4.40. The molecule has 2 aromatic heterocycles. The van der Waals surface area contributed by atoms with Crippen molar-refractivity contribution in [3.8, 4) is 5.69 Å². The Bertz CT molecular complexity index is 973. The van der Waals surface area contributed by atoms with Gasteiger partial charge in [-0.2, -0.15) is 5.10 Å². The summed E-state index contributed by atoms with van der Waals surface area (Å²) >= 11 is 0. The summed E-state index contributed by atoms with van der Waals surface area (Å²) in [6.45, 7) is 6.18. The van der Waals surface area contributed by atoms with Crippen LogP contribution in [-0.4, -0.2) is 26.7 Å². The van der Waals surface area contributed by atoms with Gasteiger partial charge in [-0.3, -0.25) is 4.79 Å². The summed E-state index contributed by atoms with van der Waals surface area (Å²) in [6.07, 6.45) is 3.93. The fraction of sp³-hybridized carbons (Fsp3) is 0.409. The Hall–Kier alpha value is -2.69. The van der Waals surface area contributed by atoms with E-state index in [1.807, 2.05) is 48.0 Å². The molecule has 1 atom stereocenters. The number of rotatable bonds is 6. The SMILES string of the molecule is CCc1cc(C(=O)N[C@H](C)CC)c2c(C3CC3)nn(-c3ccccc3)c2n1. The minimum absolute atomic E-state index is 0.0269. The number of amides is 1. The quantitative estimate of drug-likeness (QED) is 0.707. The molecule has 1 amide bonds. The van der Waals surface area contributed by atoms with Crippen molar-refractivity contribution in [2.45, 2.75) is 58.4 Å². The fourth-order valence-corrected chi connectivity index (χ4v) is 3.35. The van der Waals surface area contributed by atoms with Crippen LogP contribution in [0.4, 0.5) is 0 Å². The van der Waals surface area contributed by atoms with E-state index < -0.39 is 0 Å². The van der Waals surface area contributed by atoms with Crippen LogP contribution in [0.5, 0.6) is 0 Å². The van der Waals surface area contributed by atoms with E-state index in [0.717, 1.165) is 53.8 Å². The molecular weight excluding hydrogens is 336 g/mol. The second-order valence-electron chi connectivity index (χ2n) is 7.40. The Labute approximate surface area is 159 Å². The third-order valence-corrected chi connectivity index (χ3v) is 5.28. The number of fused-ring (bicyclic) bond motifs is 1. The van der Waals surface area contributed by atoms with Crippen LogP contribution in [-0.2, 0) is 6.42 Å². The zero-order valence-electron chi connectivity index (χ0n) is 16.2. The van der Waals surface area contributed by atoms with Gasteiger partial charge in [0.15, 0.2) is 5.65 Å². The maximum absolute atomic E-state index is 13.1. The van der Waals surface area contributed by atoms with Gasteiger partial charge >= 0.3 is 0 Å². The fourth-order valence-electron chi connectivity index (χ4n) is 3.35. The van der Waals surface area contributed by atoms with E-state index >= 15 is 0 Å². The van der Waals surface area contributed by atoms with Crippen molar-refractivity contribution in [2.24, 2.45) is 0 Å². The predicted molar refractivity (Wildman–Crippen MR) is 107 cm³/mol.